The molecule has 0 aliphatic carbocycles. The van der Waals surface area contributed by atoms with Crippen molar-refractivity contribution in [1.82, 2.24) is 5.32 Å². The molecule has 2 heteroatoms. The van der Waals surface area contributed by atoms with Crippen LogP contribution in [0.25, 0.3) is 0 Å². The maximum absolute atomic E-state index is 8.68. The van der Waals surface area contributed by atoms with Crippen LogP contribution >= 0.6 is 0 Å². The summed E-state index contributed by atoms with van der Waals surface area (Å²) in [5.41, 5.74) is 2.02. The number of benzene rings is 1. The van der Waals surface area contributed by atoms with Crippen molar-refractivity contribution in [2.75, 3.05) is 13.1 Å². The van der Waals surface area contributed by atoms with E-state index in [1.54, 1.807) is 0 Å². The normalized spacial score (nSPS) is 12.1. The average Bonchev–Trinajstić information content (AvgIpc) is 2.29. The van der Waals surface area contributed by atoms with Crippen molar-refractivity contribution in [1.29, 1.82) is 5.26 Å². The molecule has 0 spiro atoms. The zero-order valence-electron chi connectivity index (χ0n) is 9.46. The van der Waals surface area contributed by atoms with Crippen LogP contribution in [-0.2, 0) is 0 Å². The molecule has 1 aromatic rings. The molecule has 0 bridgehead atoms. The molecular formula is C13H18N2. The molecule has 0 saturated heterocycles. The molecule has 15 heavy (non-hydrogen) atoms. The molecule has 1 rings (SSSR count). The molecule has 1 aromatic carbocycles. The summed E-state index contributed by atoms with van der Waals surface area (Å²) in [6.07, 6.45) is 1.17. The third kappa shape index (κ3) is 3.73. The molecule has 0 saturated carbocycles. The standard InChI is InChI=1S/C13H18N2/c1-3-8-15-10-11(2)13-6-4-12(9-14)5-7-13/h4-7,11,15H,3,8,10H2,1-2H3. The Bertz CT molecular complexity index is 321. The Kier molecular flexibility index (Phi) is 4.86. The van der Waals surface area contributed by atoms with Crippen LogP contribution in [0.2, 0.25) is 0 Å². The number of nitrogens with one attached hydrogen (secondary N) is 1. The van der Waals surface area contributed by atoms with E-state index < -0.39 is 0 Å². The van der Waals surface area contributed by atoms with Gasteiger partial charge in [0.2, 0.25) is 0 Å². The van der Waals surface area contributed by atoms with Gasteiger partial charge in [0, 0.05) is 6.54 Å². The molecule has 0 aliphatic rings. The lowest BCUT2D eigenvalue weighted by atomic mass is 10.00. The lowest BCUT2D eigenvalue weighted by Gasteiger charge is -2.12. The Morgan fingerprint density at radius 2 is 2.00 bits per heavy atom. The fraction of sp³-hybridized carbons (Fsp3) is 0.462. The predicted octanol–water partition coefficient (Wildman–Crippen LogP) is 2.66. The first-order chi connectivity index (χ1) is 7.27. The second kappa shape index (κ2) is 6.21. The largest absolute Gasteiger partial charge is 0.316 e. The van der Waals surface area contributed by atoms with Gasteiger partial charge in [-0.15, -0.1) is 0 Å². The first-order valence-electron chi connectivity index (χ1n) is 5.48. The van der Waals surface area contributed by atoms with Crippen molar-refractivity contribution >= 4 is 0 Å². The van der Waals surface area contributed by atoms with Gasteiger partial charge < -0.3 is 5.32 Å². The number of rotatable bonds is 5. The highest BCUT2D eigenvalue weighted by Gasteiger charge is 2.04. The number of nitriles is 1. The Hall–Kier alpha value is -1.33. The van der Waals surface area contributed by atoms with Crippen molar-refractivity contribution in [3.63, 3.8) is 0 Å². The van der Waals surface area contributed by atoms with Crippen molar-refractivity contribution in [2.45, 2.75) is 26.2 Å². The zero-order valence-corrected chi connectivity index (χ0v) is 9.46. The Morgan fingerprint density at radius 1 is 1.33 bits per heavy atom. The minimum atomic E-state index is 0.504. The van der Waals surface area contributed by atoms with Crippen molar-refractivity contribution in [2.24, 2.45) is 0 Å². The van der Waals surface area contributed by atoms with Crippen molar-refractivity contribution < 1.29 is 0 Å². The molecule has 1 atom stereocenters. The van der Waals surface area contributed by atoms with E-state index in [0.29, 0.717) is 5.92 Å². The molecule has 1 unspecified atom stereocenters. The van der Waals surface area contributed by atoms with E-state index in [1.807, 2.05) is 24.3 Å². The van der Waals surface area contributed by atoms with Gasteiger partial charge in [0.1, 0.15) is 0 Å². The van der Waals surface area contributed by atoms with Gasteiger partial charge in [-0.25, -0.2) is 0 Å². The molecule has 0 fully saturated rings. The molecule has 0 radical (unpaired) electrons. The minimum absolute atomic E-state index is 0.504. The molecule has 0 aromatic heterocycles. The smallest absolute Gasteiger partial charge is 0.0991 e. The second-order valence-corrected chi connectivity index (χ2v) is 3.84. The predicted molar refractivity (Wildman–Crippen MR) is 62.7 cm³/mol. The Morgan fingerprint density at radius 3 is 2.53 bits per heavy atom. The van der Waals surface area contributed by atoms with Crippen LogP contribution in [0, 0.1) is 11.3 Å². The molecule has 2 nitrogen and oxygen atoms in total. The number of hydrogen-bond acceptors (Lipinski definition) is 2. The van der Waals surface area contributed by atoms with E-state index in [9.17, 15) is 0 Å². The summed E-state index contributed by atoms with van der Waals surface area (Å²) >= 11 is 0. The maximum atomic E-state index is 8.68. The summed E-state index contributed by atoms with van der Waals surface area (Å²) in [7, 11) is 0. The van der Waals surface area contributed by atoms with Gasteiger partial charge in [-0.2, -0.15) is 5.26 Å². The SMILES string of the molecule is CCCNCC(C)c1ccc(C#N)cc1. The molecule has 1 N–H and O–H groups in total. The molecule has 0 heterocycles. The third-order valence-corrected chi connectivity index (χ3v) is 2.49. The van der Waals surface area contributed by atoms with Crippen LogP contribution in [0.3, 0.4) is 0 Å². The monoisotopic (exact) mass is 202 g/mol. The van der Waals surface area contributed by atoms with Crippen molar-refractivity contribution in [3.8, 4) is 6.07 Å². The average molecular weight is 202 g/mol. The van der Waals surface area contributed by atoms with Gasteiger partial charge in [0.15, 0.2) is 0 Å². The summed E-state index contributed by atoms with van der Waals surface area (Å²) in [5, 5.41) is 12.1. The van der Waals surface area contributed by atoms with Gasteiger partial charge in [0.05, 0.1) is 11.6 Å². The number of hydrogen-bond donors (Lipinski definition) is 1. The maximum Gasteiger partial charge on any atom is 0.0991 e. The van der Waals surface area contributed by atoms with Crippen LogP contribution in [0.4, 0.5) is 0 Å². The van der Waals surface area contributed by atoms with E-state index >= 15 is 0 Å². The van der Waals surface area contributed by atoms with Crippen LogP contribution < -0.4 is 5.32 Å². The minimum Gasteiger partial charge on any atom is -0.316 e. The van der Waals surface area contributed by atoms with Gasteiger partial charge in [0.25, 0.3) is 0 Å². The van der Waals surface area contributed by atoms with Crippen LogP contribution in [0.5, 0.6) is 0 Å². The zero-order chi connectivity index (χ0) is 11.1. The summed E-state index contributed by atoms with van der Waals surface area (Å²) in [4.78, 5) is 0. The van der Waals surface area contributed by atoms with E-state index in [1.165, 1.54) is 12.0 Å². The lowest BCUT2D eigenvalue weighted by molar-refractivity contribution is 0.609. The lowest BCUT2D eigenvalue weighted by Crippen LogP contribution is -2.20. The highest BCUT2D eigenvalue weighted by atomic mass is 14.8. The summed E-state index contributed by atoms with van der Waals surface area (Å²) in [6.45, 7) is 6.43. The first kappa shape index (κ1) is 11.7. The highest BCUT2D eigenvalue weighted by Crippen LogP contribution is 2.14. The summed E-state index contributed by atoms with van der Waals surface area (Å²) in [6, 6.07) is 9.97. The Labute approximate surface area is 91.9 Å². The van der Waals surface area contributed by atoms with E-state index in [0.717, 1.165) is 18.7 Å². The van der Waals surface area contributed by atoms with Crippen LogP contribution in [-0.4, -0.2) is 13.1 Å². The number of nitrogens with zero attached hydrogens (tertiary/aromatic N) is 1. The molecule has 0 aliphatic heterocycles. The quantitative estimate of drug-likeness (QED) is 0.745. The highest BCUT2D eigenvalue weighted by molar-refractivity contribution is 5.32. The molecule has 0 amide bonds. The van der Waals surface area contributed by atoms with Gasteiger partial charge >= 0.3 is 0 Å². The van der Waals surface area contributed by atoms with E-state index in [-0.39, 0.29) is 0 Å². The van der Waals surface area contributed by atoms with E-state index in [4.69, 9.17) is 5.26 Å². The topological polar surface area (TPSA) is 35.8 Å². The fourth-order valence-corrected chi connectivity index (χ4v) is 1.50. The summed E-state index contributed by atoms with van der Waals surface area (Å²) in [5.74, 6) is 0.504. The van der Waals surface area contributed by atoms with E-state index in [2.05, 4.69) is 25.2 Å². The van der Waals surface area contributed by atoms with Crippen molar-refractivity contribution in [3.05, 3.63) is 35.4 Å². The molecular weight excluding hydrogens is 184 g/mol. The fourth-order valence-electron chi connectivity index (χ4n) is 1.50. The van der Waals surface area contributed by atoms with Crippen LogP contribution in [0.15, 0.2) is 24.3 Å². The second-order valence-electron chi connectivity index (χ2n) is 3.84. The Balaban J connectivity index is 2.51. The van der Waals surface area contributed by atoms with Crippen LogP contribution in [0.1, 0.15) is 37.3 Å². The third-order valence-electron chi connectivity index (χ3n) is 2.49. The first-order valence-corrected chi connectivity index (χ1v) is 5.48. The summed E-state index contributed by atoms with van der Waals surface area (Å²) < 4.78 is 0. The van der Waals surface area contributed by atoms with Gasteiger partial charge in [-0.05, 0) is 36.6 Å². The molecule has 80 valence electrons. The van der Waals surface area contributed by atoms with Gasteiger partial charge in [-0.1, -0.05) is 26.0 Å². The van der Waals surface area contributed by atoms with Gasteiger partial charge in [-0.3, -0.25) is 0 Å².